The van der Waals surface area contributed by atoms with Crippen LogP contribution in [0.15, 0.2) is 65.4 Å². The largest absolute Gasteiger partial charge is 0.619 e. The number of benzene rings is 2. The number of nitrogens with zero attached hydrogens (tertiary/aromatic N) is 2. The zero-order valence-corrected chi connectivity index (χ0v) is 27.1. The number of methoxy groups -OCH3 is 1. The minimum absolute atomic E-state index is 0.126. The van der Waals surface area contributed by atoms with Crippen LogP contribution in [0.2, 0.25) is 0 Å². The summed E-state index contributed by atoms with van der Waals surface area (Å²) in [4.78, 5) is 24.0. The SMILES string of the molecule is COc1c(-c2ccc(-c3ccc(OCCOC4CCCCO4)cc3)cc2)nc2c(Br)c[n+]([O-])cc2c1C(=O)NOC1CCCCO1. The van der Waals surface area contributed by atoms with E-state index in [1.54, 1.807) is 0 Å². The average Bonchev–Trinajstić information content (AvgIpc) is 3.09. The van der Waals surface area contributed by atoms with Crippen LogP contribution < -0.4 is 19.7 Å². The number of pyridine rings is 2. The topological polar surface area (TPSA) is 124 Å². The molecule has 2 fully saturated rings. The van der Waals surface area contributed by atoms with Gasteiger partial charge in [-0.3, -0.25) is 4.79 Å². The van der Waals surface area contributed by atoms with Crippen LogP contribution >= 0.6 is 15.9 Å². The Hall–Kier alpha value is -3.81. The molecular formula is C34H36BrN3O8. The Morgan fingerprint density at radius 1 is 0.935 bits per heavy atom. The van der Waals surface area contributed by atoms with Crippen LogP contribution in [0, 0.1) is 5.21 Å². The van der Waals surface area contributed by atoms with Gasteiger partial charge in [-0.1, -0.05) is 36.4 Å². The maximum absolute atomic E-state index is 13.6. The van der Waals surface area contributed by atoms with Gasteiger partial charge >= 0.3 is 0 Å². The van der Waals surface area contributed by atoms with Crippen molar-refractivity contribution in [1.29, 1.82) is 0 Å². The lowest BCUT2D eigenvalue weighted by Crippen LogP contribution is -2.34. The van der Waals surface area contributed by atoms with Gasteiger partial charge in [-0.15, -0.1) is 0 Å². The molecule has 4 heterocycles. The standard InChI is InChI=1S/C34H36BrN3O8/c1-41-33-30(34(39)37-46-29-7-3-5-17-44-29)26-20-38(40)21-27(35)32(26)36-31(33)24-10-8-22(9-11-24)23-12-14-25(15-13-23)42-18-19-45-28-6-2-4-16-43-28/h8-15,20-21,28-29H,2-7,16-19H2,1H3,(H,37,39). The zero-order valence-electron chi connectivity index (χ0n) is 25.5. The Morgan fingerprint density at radius 2 is 1.59 bits per heavy atom. The minimum atomic E-state index is -0.578. The first-order valence-electron chi connectivity index (χ1n) is 15.4. The van der Waals surface area contributed by atoms with Crippen molar-refractivity contribution in [3.63, 3.8) is 0 Å². The van der Waals surface area contributed by atoms with Crippen molar-refractivity contribution < 1.29 is 38.0 Å². The van der Waals surface area contributed by atoms with Crippen molar-refractivity contribution in [2.45, 2.75) is 51.1 Å². The second-order valence-electron chi connectivity index (χ2n) is 11.1. The van der Waals surface area contributed by atoms with Crippen LogP contribution in [0.3, 0.4) is 0 Å². The van der Waals surface area contributed by atoms with Gasteiger partial charge in [-0.05, 0) is 71.3 Å². The molecule has 1 amide bonds. The van der Waals surface area contributed by atoms with Gasteiger partial charge in [0.25, 0.3) is 5.91 Å². The Kier molecular flexibility index (Phi) is 10.6. The van der Waals surface area contributed by atoms with Gasteiger partial charge in [0.1, 0.15) is 28.1 Å². The fraction of sp³-hybridized carbons (Fsp3) is 0.382. The summed E-state index contributed by atoms with van der Waals surface area (Å²) in [7, 11) is 1.46. The molecule has 1 N–H and O–H groups in total. The number of amides is 1. The minimum Gasteiger partial charge on any atom is -0.619 e. The predicted molar refractivity (Wildman–Crippen MR) is 173 cm³/mol. The Labute approximate surface area is 275 Å². The fourth-order valence-electron chi connectivity index (χ4n) is 5.57. The van der Waals surface area contributed by atoms with E-state index >= 15 is 0 Å². The van der Waals surface area contributed by atoms with Crippen molar-refractivity contribution >= 4 is 32.7 Å². The Balaban J connectivity index is 1.20. The first-order chi connectivity index (χ1) is 22.5. The van der Waals surface area contributed by atoms with E-state index in [2.05, 4.69) is 21.4 Å². The molecule has 2 saturated heterocycles. The van der Waals surface area contributed by atoms with Crippen molar-refractivity contribution in [3.05, 3.63) is 76.2 Å². The molecule has 2 aliphatic heterocycles. The van der Waals surface area contributed by atoms with Crippen LogP contribution in [-0.2, 0) is 19.0 Å². The molecule has 0 spiro atoms. The summed E-state index contributed by atoms with van der Waals surface area (Å²) in [5.41, 5.74) is 6.21. The summed E-state index contributed by atoms with van der Waals surface area (Å²) in [5.74, 6) is 0.392. The van der Waals surface area contributed by atoms with Gasteiger partial charge in [-0.2, -0.15) is 4.73 Å². The third-order valence-electron chi connectivity index (χ3n) is 7.91. The number of fused-ring (bicyclic) bond motifs is 1. The van der Waals surface area contributed by atoms with E-state index < -0.39 is 12.2 Å². The first kappa shape index (κ1) is 32.1. The predicted octanol–water partition coefficient (Wildman–Crippen LogP) is 6.08. The number of hydrogen-bond acceptors (Lipinski definition) is 9. The number of hydrogen-bond donors (Lipinski definition) is 1. The van der Waals surface area contributed by atoms with Gasteiger partial charge in [0.2, 0.25) is 0 Å². The molecule has 0 bridgehead atoms. The highest BCUT2D eigenvalue weighted by Crippen LogP contribution is 2.38. The number of nitrogens with one attached hydrogen (secondary N) is 1. The molecule has 2 aliphatic rings. The van der Waals surface area contributed by atoms with Gasteiger partial charge in [0.05, 0.1) is 24.6 Å². The van der Waals surface area contributed by atoms with Gasteiger partial charge in [0.15, 0.2) is 30.7 Å². The maximum Gasteiger partial charge on any atom is 0.279 e. The number of carbonyl (C=O) groups excluding carboxylic acids is 1. The normalized spacial score (nSPS) is 18.3. The van der Waals surface area contributed by atoms with Crippen molar-refractivity contribution in [2.75, 3.05) is 33.5 Å². The molecule has 2 atom stereocenters. The van der Waals surface area contributed by atoms with Crippen LogP contribution in [0.1, 0.15) is 48.9 Å². The van der Waals surface area contributed by atoms with E-state index in [9.17, 15) is 10.0 Å². The molecule has 11 nitrogen and oxygen atoms in total. The van der Waals surface area contributed by atoms with E-state index in [1.165, 1.54) is 19.5 Å². The Morgan fingerprint density at radius 3 is 2.24 bits per heavy atom. The van der Waals surface area contributed by atoms with E-state index in [1.807, 2.05) is 48.5 Å². The molecule has 0 saturated carbocycles. The van der Waals surface area contributed by atoms with E-state index in [4.69, 9.17) is 33.5 Å². The molecule has 0 aliphatic carbocycles. The van der Waals surface area contributed by atoms with Crippen LogP contribution in [0.25, 0.3) is 33.3 Å². The second kappa shape index (κ2) is 15.2. The summed E-state index contributed by atoms with van der Waals surface area (Å²) in [6.07, 6.45) is 7.66. The van der Waals surface area contributed by atoms with Crippen LogP contribution in [-0.4, -0.2) is 57.0 Å². The molecule has 6 rings (SSSR count). The number of carbonyl (C=O) groups is 1. The average molecular weight is 695 g/mol. The number of halogens is 1. The summed E-state index contributed by atoms with van der Waals surface area (Å²) >= 11 is 3.44. The third kappa shape index (κ3) is 7.59. The molecular weight excluding hydrogens is 658 g/mol. The van der Waals surface area contributed by atoms with Crippen molar-refractivity contribution in [2.24, 2.45) is 0 Å². The van der Waals surface area contributed by atoms with Crippen molar-refractivity contribution in [1.82, 2.24) is 10.5 Å². The molecule has 4 aromatic rings. The third-order valence-corrected chi connectivity index (χ3v) is 8.49. The lowest BCUT2D eigenvalue weighted by Gasteiger charge is -2.22. The number of rotatable bonds is 11. The summed E-state index contributed by atoms with van der Waals surface area (Å²) < 4.78 is 29.6. The molecule has 12 heteroatoms. The zero-order chi connectivity index (χ0) is 31.9. The fourth-order valence-corrected chi connectivity index (χ4v) is 6.07. The van der Waals surface area contributed by atoms with E-state index in [0.717, 1.165) is 61.2 Å². The maximum atomic E-state index is 13.6. The van der Waals surface area contributed by atoms with Gasteiger partial charge in [-0.25, -0.2) is 15.3 Å². The van der Waals surface area contributed by atoms with E-state index in [0.29, 0.717) is 52.0 Å². The van der Waals surface area contributed by atoms with Crippen LogP contribution in [0.5, 0.6) is 11.5 Å². The van der Waals surface area contributed by atoms with Gasteiger partial charge < -0.3 is 28.9 Å². The molecule has 2 unspecified atom stereocenters. The number of ether oxygens (including phenoxy) is 5. The molecule has 46 heavy (non-hydrogen) atoms. The highest BCUT2D eigenvalue weighted by molar-refractivity contribution is 9.10. The van der Waals surface area contributed by atoms with Crippen molar-refractivity contribution in [3.8, 4) is 33.9 Å². The monoisotopic (exact) mass is 693 g/mol. The second-order valence-corrected chi connectivity index (χ2v) is 11.9. The van der Waals surface area contributed by atoms with E-state index in [-0.39, 0.29) is 17.6 Å². The number of aromatic nitrogens is 2. The molecule has 2 aromatic carbocycles. The molecule has 2 aromatic heterocycles. The quantitative estimate of drug-likeness (QED) is 0.0861. The Bertz CT molecular complexity index is 1640. The van der Waals surface area contributed by atoms with Crippen LogP contribution in [0.4, 0.5) is 0 Å². The molecule has 242 valence electrons. The smallest absolute Gasteiger partial charge is 0.279 e. The van der Waals surface area contributed by atoms with Gasteiger partial charge in [0, 0.05) is 25.2 Å². The summed E-state index contributed by atoms with van der Waals surface area (Å²) in [5, 5.41) is 12.7. The molecule has 0 radical (unpaired) electrons. The summed E-state index contributed by atoms with van der Waals surface area (Å²) in [6.45, 7) is 2.23. The highest BCUT2D eigenvalue weighted by Gasteiger charge is 2.27. The lowest BCUT2D eigenvalue weighted by molar-refractivity contribution is -0.604. The first-order valence-corrected chi connectivity index (χ1v) is 16.2. The summed E-state index contributed by atoms with van der Waals surface area (Å²) in [6, 6.07) is 15.6. The number of hydroxylamine groups is 1. The lowest BCUT2D eigenvalue weighted by atomic mass is 10.00. The highest BCUT2D eigenvalue weighted by atomic mass is 79.9.